The third kappa shape index (κ3) is 5.40. The van der Waals surface area contributed by atoms with Crippen LogP contribution in [0.5, 0.6) is 0 Å². The number of sulfonamides is 1. The van der Waals surface area contributed by atoms with Crippen molar-refractivity contribution in [3.8, 4) is 0 Å². The van der Waals surface area contributed by atoms with E-state index in [9.17, 15) is 18.0 Å². The van der Waals surface area contributed by atoms with Gasteiger partial charge in [-0.15, -0.1) is 0 Å². The van der Waals surface area contributed by atoms with E-state index in [0.717, 1.165) is 11.3 Å². The topological polar surface area (TPSA) is 95.6 Å². The van der Waals surface area contributed by atoms with Crippen LogP contribution < -0.4 is 14.9 Å². The Morgan fingerprint density at radius 1 is 1.04 bits per heavy atom. The van der Waals surface area contributed by atoms with Crippen LogP contribution >= 0.6 is 0 Å². The van der Waals surface area contributed by atoms with Crippen LogP contribution in [-0.4, -0.2) is 39.1 Å². The number of nitrogens with zero attached hydrogens (tertiary/aromatic N) is 1. The van der Waals surface area contributed by atoms with Gasteiger partial charge in [0.2, 0.25) is 21.8 Å². The predicted molar refractivity (Wildman–Crippen MR) is 107 cm³/mol. The van der Waals surface area contributed by atoms with Gasteiger partial charge in [0, 0.05) is 31.7 Å². The summed E-state index contributed by atoms with van der Waals surface area (Å²) in [5, 5.41) is 2.63. The molecule has 148 valence electrons. The summed E-state index contributed by atoms with van der Waals surface area (Å²) >= 11 is 0. The van der Waals surface area contributed by atoms with Crippen molar-refractivity contribution in [1.82, 2.24) is 10.0 Å². The third-order valence-corrected chi connectivity index (χ3v) is 5.90. The van der Waals surface area contributed by atoms with Gasteiger partial charge < -0.3 is 10.2 Å². The second-order valence-electron chi connectivity index (χ2n) is 6.66. The average molecular weight is 401 g/mol. The zero-order chi connectivity index (χ0) is 20.0. The van der Waals surface area contributed by atoms with E-state index in [0.29, 0.717) is 6.54 Å². The highest BCUT2D eigenvalue weighted by Gasteiger charge is 2.34. The van der Waals surface area contributed by atoms with Crippen LogP contribution in [0.3, 0.4) is 0 Å². The highest BCUT2D eigenvalue weighted by molar-refractivity contribution is 7.89. The normalized spacial score (nSPS) is 16.9. The number of hydrogen-bond donors (Lipinski definition) is 2. The van der Waals surface area contributed by atoms with Gasteiger partial charge in [-0.25, -0.2) is 13.1 Å². The van der Waals surface area contributed by atoms with Crippen molar-refractivity contribution in [2.45, 2.75) is 13.0 Å². The molecule has 1 fully saturated rings. The average Bonchev–Trinajstić information content (AvgIpc) is 3.10. The second-order valence-corrected chi connectivity index (χ2v) is 8.58. The van der Waals surface area contributed by atoms with E-state index in [1.165, 1.54) is 0 Å². The monoisotopic (exact) mass is 401 g/mol. The summed E-state index contributed by atoms with van der Waals surface area (Å²) in [5.74, 6) is -1.10. The molecule has 2 aromatic rings. The van der Waals surface area contributed by atoms with Crippen LogP contribution in [-0.2, 0) is 26.2 Å². The Morgan fingerprint density at radius 2 is 1.68 bits per heavy atom. The van der Waals surface area contributed by atoms with Crippen molar-refractivity contribution in [2.75, 3.05) is 23.7 Å². The minimum atomic E-state index is -3.51. The fourth-order valence-electron chi connectivity index (χ4n) is 3.05. The van der Waals surface area contributed by atoms with E-state index in [-0.39, 0.29) is 37.1 Å². The molecular weight excluding hydrogens is 378 g/mol. The number of hydrogen-bond acceptors (Lipinski definition) is 4. The summed E-state index contributed by atoms with van der Waals surface area (Å²) in [6.45, 7) is 0.507. The maximum atomic E-state index is 12.3. The molecule has 0 unspecified atom stereocenters. The molecule has 0 spiro atoms. The number of anilines is 1. The number of carbonyl (C=O) groups excluding carboxylic acids is 2. The van der Waals surface area contributed by atoms with Gasteiger partial charge in [0.15, 0.2) is 0 Å². The molecule has 2 N–H and O–H groups in total. The lowest BCUT2D eigenvalue weighted by atomic mass is 10.1. The first-order valence-electron chi connectivity index (χ1n) is 9.09. The minimum Gasteiger partial charge on any atom is -0.355 e. The molecule has 28 heavy (non-hydrogen) atoms. The summed E-state index contributed by atoms with van der Waals surface area (Å²) in [5.41, 5.74) is 1.62. The molecule has 3 rings (SSSR count). The predicted octanol–water partition coefficient (Wildman–Crippen LogP) is 1.28. The number of amides is 2. The number of carbonyl (C=O) groups is 2. The smallest absolute Gasteiger partial charge is 0.227 e. The van der Waals surface area contributed by atoms with Crippen LogP contribution in [0.15, 0.2) is 60.7 Å². The molecular formula is C20H23N3O4S. The van der Waals surface area contributed by atoms with Gasteiger partial charge in [0.25, 0.3) is 0 Å². The van der Waals surface area contributed by atoms with Gasteiger partial charge >= 0.3 is 0 Å². The Morgan fingerprint density at radius 3 is 2.36 bits per heavy atom. The van der Waals surface area contributed by atoms with Crippen LogP contribution in [0.25, 0.3) is 0 Å². The molecule has 1 heterocycles. The Labute approximate surface area is 164 Å². The minimum absolute atomic E-state index is 0.00101. The maximum absolute atomic E-state index is 12.3. The van der Waals surface area contributed by atoms with Crippen LogP contribution in [0.2, 0.25) is 0 Å². The van der Waals surface area contributed by atoms with E-state index >= 15 is 0 Å². The van der Waals surface area contributed by atoms with Crippen LogP contribution in [0, 0.1) is 5.92 Å². The summed E-state index contributed by atoms with van der Waals surface area (Å²) < 4.78 is 26.7. The SMILES string of the molecule is O=C(NCCS(=O)(=O)NCc1ccccc1)[C@@H]1CC(=O)N(c2ccccc2)C1. The quantitative estimate of drug-likeness (QED) is 0.696. The molecule has 2 amide bonds. The van der Waals surface area contributed by atoms with Gasteiger partial charge in [-0.2, -0.15) is 0 Å². The van der Waals surface area contributed by atoms with Crippen molar-refractivity contribution in [1.29, 1.82) is 0 Å². The molecule has 7 nitrogen and oxygen atoms in total. The molecule has 0 aromatic heterocycles. The highest BCUT2D eigenvalue weighted by atomic mass is 32.2. The zero-order valence-electron chi connectivity index (χ0n) is 15.4. The fourth-order valence-corrected chi connectivity index (χ4v) is 3.96. The lowest BCUT2D eigenvalue weighted by Crippen LogP contribution is -2.38. The van der Waals surface area contributed by atoms with Gasteiger partial charge in [-0.1, -0.05) is 48.5 Å². The molecule has 0 bridgehead atoms. The summed E-state index contributed by atoms with van der Waals surface area (Å²) in [4.78, 5) is 26.1. The van der Waals surface area contributed by atoms with E-state index < -0.39 is 15.9 Å². The fraction of sp³-hybridized carbons (Fsp3) is 0.300. The van der Waals surface area contributed by atoms with Crippen molar-refractivity contribution < 1.29 is 18.0 Å². The first-order valence-corrected chi connectivity index (χ1v) is 10.7. The molecule has 1 atom stereocenters. The molecule has 0 saturated carbocycles. The number of para-hydroxylation sites is 1. The molecule has 1 aliphatic heterocycles. The lowest BCUT2D eigenvalue weighted by Gasteiger charge is -2.16. The van der Waals surface area contributed by atoms with Crippen molar-refractivity contribution >= 4 is 27.5 Å². The first kappa shape index (κ1) is 20.0. The Bertz CT molecular complexity index is 917. The summed E-state index contributed by atoms with van der Waals surface area (Å²) in [6.07, 6.45) is 0.125. The molecule has 0 radical (unpaired) electrons. The molecule has 0 aliphatic carbocycles. The van der Waals surface area contributed by atoms with Crippen molar-refractivity contribution in [3.63, 3.8) is 0 Å². The summed E-state index contributed by atoms with van der Waals surface area (Å²) in [6, 6.07) is 18.4. The number of nitrogens with one attached hydrogen (secondary N) is 2. The van der Waals surface area contributed by atoms with Gasteiger partial charge in [0.05, 0.1) is 11.7 Å². The van der Waals surface area contributed by atoms with Crippen LogP contribution in [0.1, 0.15) is 12.0 Å². The number of benzene rings is 2. The van der Waals surface area contributed by atoms with E-state index in [1.807, 2.05) is 60.7 Å². The second kappa shape index (κ2) is 8.99. The number of rotatable bonds is 8. The molecule has 1 aliphatic rings. The summed E-state index contributed by atoms with van der Waals surface area (Å²) in [7, 11) is -3.51. The van der Waals surface area contributed by atoms with E-state index in [2.05, 4.69) is 10.0 Å². The van der Waals surface area contributed by atoms with Gasteiger partial charge in [-0.05, 0) is 17.7 Å². The van der Waals surface area contributed by atoms with Crippen LogP contribution in [0.4, 0.5) is 5.69 Å². The Kier molecular flexibility index (Phi) is 6.43. The molecule has 2 aromatic carbocycles. The first-order chi connectivity index (χ1) is 13.4. The maximum Gasteiger partial charge on any atom is 0.227 e. The lowest BCUT2D eigenvalue weighted by molar-refractivity contribution is -0.126. The van der Waals surface area contributed by atoms with E-state index in [4.69, 9.17) is 0 Å². The van der Waals surface area contributed by atoms with Gasteiger partial charge in [-0.3, -0.25) is 9.59 Å². The molecule has 1 saturated heterocycles. The standard InChI is InChI=1S/C20H23N3O4S/c24-19-13-17(15-23(19)18-9-5-2-6-10-18)20(25)21-11-12-28(26,27)22-14-16-7-3-1-4-8-16/h1-10,17,22H,11-15H2,(H,21,25)/t17-/m1/s1. The van der Waals surface area contributed by atoms with E-state index in [1.54, 1.807) is 4.90 Å². The highest BCUT2D eigenvalue weighted by Crippen LogP contribution is 2.24. The Hall–Kier alpha value is -2.71. The largest absolute Gasteiger partial charge is 0.355 e. The molecule has 8 heteroatoms. The zero-order valence-corrected chi connectivity index (χ0v) is 16.2. The van der Waals surface area contributed by atoms with Gasteiger partial charge in [0.1, 0.15) is 0 Å². The Balaban J connectivity index is 1.44. The van der Waals surface area contributed by atoms with Crippen molar-refractivity contribution in [2.24, 2.45) is 5.92 Å². The van der Waals surface area contributed by atoms with Crippen molar-refractivity contribution in [3.05, 3.63) is 66.2 Å². The third-order valence-electron chi connectivity index (χ3n) is 4.57.